The molecule has 0 unspecified atom stereocenters. The van der Waals surface area contributed by atoms with E-state index >= 15 is 0 Å². The largest absolute Gasteiger partial charge is 0.403 e. The van der Waals surface area contributed by atoms with Crippen LogP contribution in [0.5, 0.6) is 0 Å². The Labute approximate surface area is 121 Å². The zero-order valence-corrected chi connectivity index (χ0v) is 14.5. The topological polar surface area (TPSA) is 55.3 Å². The van der Waals surface area contributed by atoms with Gasteiger partial charge in [0, 0.05) is 33.8 Å². The Hall–Kier alpha value is -0.0117. The Morgan fingerprint density at radius 1 is 1.24 bits per heavy atom. The molecule has 0 aromatic heterocycles. The summed E-state index contributed by atoms with van der Waals surface area (Å²) in [5, 5.41) is 1.66. The molecule has 0 aliphatic heterocycles. The summed E-state index contributed by atoms with van der Waals surface area (Å²) in [5.74, 6) is 5.77. The first-order valence-corrected chi connectivity index (χ1v) is 6.12. The fourth-order valence-corrected chi connectivity index (χ4v) is 1.47. The van der Waals surface area contributed by atoms with Crippen molar-refractivity contribution in [3.8, 4) is 0 Å². The number of hydrazine groups is 1. The van der Waals surface area contributed by atoms with Gasteiger partial charge in [0.15, 0.2) is 0 Å². The molecule has 0 bridgehead atoms. The molecule has 0 saturated carbocycles. The van der Waals surface area contributed by atoms with E-state index < -0.39 is 0 Å². The molecule has 0 fully saturated rings. The maximum atomic E-state index is 5.77. The van der Waals surface area contributed by atoms with Crippen molar-refractivity contribution in [3.63, 3.8) is 0 Å². The molecular weight excluding hydrogens is 382 g/mol. The van der Waals surface area contributed by atoms with Crippen molar-refractivity contribution in [2.24, 2.45) is 17.0 Å². The molecular formula is C13H28N3W-. The normalized spacial score (nSPS) is 12.2. The van der Waals surface area contributed by atoms with E-state index in [9.17, 15) is 0 Å². The third-order valence-electron chi connectivity index (χ3n) is 2.46. The molecule has 102 valence electrons. The van der Waals surface area contributed by atoms with Gasteiger partial charge in [0.2, 0.25) is 0 Å². The van der Waals surface area contributed by atoms with Crippen molar-refractivity contribution in [3.05, 3.63) is 18.8 Å². The molecule has 4 N–H and O–H groups in total. The van der Waals surface area contributed by atoms with Gasteiger partial charge in [-0.25, -0.2) is 5.84 Å². The summed E-state index contributed by atoms with van der Waals surface area (Å²) in [6, 6.07) is 0. The monoisotopic (exact) mass is 410 g/mol. The van der Waals surface area contributed by atoms with E-state index in [2.05, 4.69) is 27.7 Å². The summed E-state index contributed by atoms with van der Waals surface area (Å²) in [6.07, 6.45) is 7.27. The first-order chi connectivity index (χ1) is 7.35. The van der Waals surface area contributed by atoms with Gasteiger partial charge in [-0.3, -0.25) is 0 Å². The fraction of sp³-hybridized carbons (Fsp3) is 0.769. The Kier molecular flexibility index (Phi) is 11.3. The average Bonchev–Trinajstić information content (AvgIpc) is 2.15. The minimum absolute atomic E-state index is 0. The van der Waals surface area contributed by atoms with E-state index in [1.807, 2.05) is 0 Å². The van der Waals surface area contributed by atoms with Gasteiger partial charge in [-0.1, -0.05) is 33.6 Å². The van der Waals surface area contributed by atoms with Gasteiger partial charge in [0.1, 0.15) is 0 Å². The first kappa shape index (κ1) is 19.3. The summed E-state index contributed by atoms with van der Waals surface area (Å²) in [6.45, 7) is 11.4. The Bertz CT molecular complexity index is 209. The molecule has 0 spiro atoms. The third kappa shape index (κ3) is 13.9. The van der Waals surface area contributed by atoms with Crippen molar-refractivity contribution < 1.29 is 21.1 Å². The minimum atomic E-state index is 0. The number of nitrogens with zero attached hydrogens (tertiary/aromatic N) is 1. The van der Waals surface area contributed by atoms with Crippen LogP contribution in [0.3, 0.4) is 0 Å². The molecule has 3 nitrogen and oxygen atoms in total. The molecule has 0 heterocycles. The van der Waals surface area contributed by atoms with Crippen molar-refractivity contribution in [1.82, 2.24) is 5.01 Å². The molecule has 0 atom stereocenters. The van der Waals surface area contributed by atoms with Crippen molar-refractivity contribution in [2.45, 2.75) is 52.9 Å². The van der Waals surface area contributed by atoms with Crippen LogP contribution in [-0.4, -0.2) is 11.6 Å². The van der Waals surface area contributed by atoms with E-state index in [4.69, 9.17) is 11.6 Å². The summed E-state index contributed by atoms with van der Waals surface area (Å²) >= 11 is 0. The number of allylic oxidation sites excluding steroid dienone is 1. The van der Waals surface area contributed by atoms with Gasteiger partial charge in [-0.2, -0.15) is 0 Å². The Morgan fingerprint density at radius 3 is 2.29 bits per heavy atom. The smallest absolute Gasteiger partial charge is 0.0336 e. The zero-order chi connectivity index (χ0) is 12.6. The summed E-state index contributed by atoms with van der Waals surface area (Å²) in [5.41, 5.74) is 6.82. The zero-order valence-electron chi connectivity index (χ0n) is 11.5. The first-order valence-electron chi connectivity index (χ1n) is 6.12. The van der Waals surface area contributed by atoms with Crippen molar-refractivity contribution in [2.75, 3.05) is 6.54 Å². The van der Waals surface area contributed by atoms with Crippen LogP contribution in [0.4, 0.5) is 0 Å². The Morgan fingerprint density at radius 2 is 1.82 bits per heavy atom. The van der Waals surface area contributed by atoms with Crippen molar-refractivity contribution >= 4 is 0 Å². The molecule has 0 rings (SSSR count). The summed E-state index contributed by atoms with van der Waals surface area (Å²) in [4.78, 5) is 0. The van der Waals surface area contributed by atoms with E-state index in [0.717, 1.165) is 18.7 Å². The predicted molar refractivity (Wildman–Crippen MR) is 71.1 cm³/mol. The molecule has 17 heavy (non-hydrogen) atoms. The maximum absolute atomic E-state index is 5.77. The second kappa shape index (κ2) is 9.96. The van der Waals surface area contributed by atoms with Gasteiger partial charge < -0.3 is 17.7 Å². The van der Waals surface area contributed by atoms with Gasteiger partial charge in [-0.15, -0.1) is 6.42 Å². The van der Waals surface area contributed by atoms with E-state index in [0.29, 0.717) is 11.8 Å². The molecule has 0 aliphatic rings. The second-order valence-corrected chi connectivity index (χ2v) is 5.56. The van der Waals surface area contributed by atoms with E-state index in [-0.39, 0.29) is 21.1 Å². The van der Waals surface area contributed by atoms with Crippen LogP contribution in [-0.2, 0) is 21.1 Å². The number of unbranched alkanes of at least 4 members (excludes halogenated alkanes) is 2. The van der Waals surface area contributed by atoms with Gasteiger partial charge in [0.25, 0.3) is 0 Å². The van der Waals surface area contributed by atoms with Crippen LogP contribution in [0.15, 0.2) is 11.9 Å². The van der Waals surface area contributed by atoms with Gasteiger partial charge in [0.05, 0.1) is 0 Å². The molecule has 0 saturated heterocycles. The molecule has 0 aromatic rings. The number of rotatable bonds is 7. The summed E-state index contributed by atoms with van der Waals surface area (Å²) in [7, 11) is 0. The molecule has 0 radical (unpaired) electrons. The van der Waals surface area contributed by atoms with Gasteiger partial charge >= 0.3 is 0 Å². The maximum Gasteiger partial charge on any atom is 0.0336 e. The molecule has 0 aliphatic carbocycles. The standard InChI is InChI=1S/C13H28N3.W/c1-5-12(14)11-16(15)10-8-6-7-9-13(2,3)4;/h11H,1,5-10,14-15H2,2-4H3;/q-1;/b12-11-;. The Balaban J connectivity index is 0. The van der Waals surface area contributed by atoms with Crippen LogP contribution < -0.4 is 11.6 Å². The quantitative estimate of drug-likeness (QED) is 0.294. The number of nitrogens with two attached hydrogens (primary N) is 2. The van der Waals surface area contributed by atoms with Crippen molar-refractivity contribution in [1.29, 1.82) is 0 Å². The third-order valence-corrected chi connectivity index (χ3v) is 2.46. The minimum Gasteiger partial charge on any atom is -0.403 e. The number of hydrogen-bond donors (Lipinski definition) is 2. The van der Waals surface area contributed by atoms with Crippen LogP contribution in [0.2, 0.25) is 0 Å². The van der Waals surface area contributed by atoms with Crippen LogP contribution in [0.25, 0.3) is 0 Å². The second-order valence-electron chi connectivity index (χ2n) is 5.56. The van der Waals surface area contributed by atoms with Crippen LogP contribution in [0.1, 0.15) is 52.9 Å². The van der Waals surface area contributed by atoms with Crippen LogP contribution in [0, 0.1) is 12.3 Å². The average molecular weight is 410 g/mol. The SMILES string of the molecule is [CH2-]C/C(N)=C/N(N)CCCCCC(C)(C)C.[W]. The molecule has 0 amide bonds. The van der Waals surface area contributed by atoms with Crippen LogP contribution >= 0.6 is 0 Å². The fourth-order valence-electron chi connectivity index (χ4n) is 1.47. The van der Waals surface area contributed by atoms with E-state index in [1.165, 1.54) is 19.3 Å². The summed E-state index contributed by atoms with van der Waals surface area (Å²) < 4.78 is 0. The number of hydrogen-bond acceptors (Lipinski definition) is 3. The predicted octanol–water partition coefficient (Wildman–Crippen LogP) is 2.79. The van der Waals surface area contributed by atoms with Gasteiger partial charge in [-0.05, 0) is 24.0 Å². The molecule has 0 aromatic carbocycles. The van der Waals surface area contributed by atoms with E-state index in [1.54, 1.807) is 11.2 Å². The molecule has 4 heteroatoms.